The van der Waals surface area contributed by atoms with E-state index in [0.29, 0.717) is 0 Å². The molecule has 19 heavy (non-hydrogen) atoms. The number of aryl methyl sites for hydroxylation is 1. The molecular weight excluding hydrogens is 236 g/mol. The van der Waals surface area contributed by atoms with E-state index in [4.69, 9.17) is 4.74 Å². The molecule has 1 heterocycles. The summed E-state index contributed by atoms with van der Waals surface area (Å²) in [6.45, 7) is 2.10. The molecule has 0 saturated carbocycles. The molecule has 100 valence electrons. The molecule has 1 aromatic heterocycles. The highest BCUT2D eigenvalue weighted by atomic mass is 16.5. The van der Waals surface area contributed by atoms with Gasteiger partial charge in [0.05, 0.1) is 7.11 Å². The van der Waals surface area contributed by atoms with Gasteiger partial charge in [-0.05, 0) is 44.2 Å². The summed E-state index contributed by atoms with van der Waals surface area (Å²) in [4.78, 5) is 4.05. The molecule has 2 aromatic rings. The topological polar surface area (TPSA) is 34.2 Å². The first-order valence-electron chi connectivity index (χ1n) is 6.45. The summed E-state index contributed by atoms with van der Waals surface area (Å²) < 4.78 is 5.47. The number of methoxy groups -OCH3 is 1. The minimum absolute atomic E-state index is 0.234. The fourth-order valence-corrected chi connectivity index (χ4v) is 2.25. The van der Waals surface area contributed by atoms with Crippen molar-refractivity contribution in [1.29, 1.82) is 0 Å². The highest BCUT2D eigenvalue weighted by Crippen LogP contribution is 2.28. The molecule has 0 aliphatic heterocycles. The highest BCUT2D eigenvalue weighted by Gasteiger charge is 2.15. The number of rotatable bonds is 5. The second-order valence-corrected chi connectivity index (χ2v) is 4.65. The largest absolute Gasteiger partial charge is 0.496 e. The van der Waals surface area contributed by atoms with Crippen LogP contribution < -0.4 is 10.1 Å². The van der Waals surface area contributed by atoms with Gasteiger partial charge in [-0.3, -0.25) is 4.98 Å². The van der Waals surface area contributed by atoms with Gasteiger partial charge in [-0.2, -0.15) is 0 Å². The lowest BCUT2D eigenvalue weighted by Crippen LogP contribution is -2.19. The third-order valence-electron chi connectivity index (χ3n) is 3.30. The molecule has 3 heteroatoms. The Hall–Kier alpha value is -1.87. The zero-order chi connectivity index (χ0) is 13.7. The van der Waals surface area contributed by atoms with E-state index in [1.54, 1.807) is 7.11 Å². The standard InChI is InChI=1S/C16H20N2O/c1-12-4-5-16(19-3)14(10-12)15(17-2)11-13-6-8-18-9-7-13/h4-10,15,17H,11H2,1-3H3. The number of hydrogen-bond donors (Lipinski definition) is 1. The Kier molecular flexibility index (Phi) is 4.53. The first kappa shape index (κ1) is 13.6. The predicted molar refractivity (Wildman–Crippen MR) is 77.5 cm³/mol. The third kappa shape index (κ3) is 3.32. The normalized spacial score (nSPS) is 12.2. The summed E-state index contributed by atoms with van der Waals surface area (Å²) in [6, 6.07) is 10.6. The van der Waals surface area contributed by atoms with Crippen LogP contribution >= 0.6 is 0 Å². The van der Waals surface area contributed by atoms with E-state index in [-0.39, 0.29) is 6.04 Å². The molecule has 0 bridgehead atoms. The molecule has 3 nitrogen and oxygen atoms in total. The number of pyridine rings is 1. The Morgan fingerprint density at radius 3 is 2.58 bits per heavy atom. The van der Waals surface area contributed by atoms with Gasteiger partial charge in [0.15, 0.2) is 0 Å². The van der Waals surface area contributed by atoms with Crippen molar-refractivity contribution in [1.82, 2.24) is 10.3 Å². The van der Waals surface area contributed by atoms with Gasteiger partial charge in [0.1, 0.15) is 5.75 Å². The van der Waals surface area contributed by atoms with E-state index in [1.807, 2.05) is 37.6 Å². The van der Waals surface area contributed by atoms with Crippen LogP contribution in [0, 0.1) is 6.92 Å². The Morgan fingerprint density at radius 2 is 1.95 bits per heavy atom. The molecular formula is C16H20N2O. The van der Waals surface area contributed by atoms with E-state index < -0.39 is 0 Å². The van der Waals surface area contributed by atoms with Crippen molar-refractivity contribution in [3.05, 3.63) is 59.4 Å². The first-order chi connectivity index (χ1) is 9.24. The zero-order valence-corrected chi connectivity index (χ0v) is 11.7. The molecule has 2 rings (SSSR count). The lowest BCUT2D eigenvalue weighted by atomic mass is 9.97. The van der Waals surface area contributed by atoms with Crippen molar-refractivity contribution in [3.63, 3.8) is 0 Å². The smallest absolute Gasteiger partial charge is 0.123 e. The molecule has 1 aromatic carbocycles. The summed E-state index contributed by atoms with van der Waals surface area (Å²) >= 11 is 0. The van der Waals surface area contributed by atoms with Crippen LogP contribution in [0.2, 0.25) is 0 Å². The SMILES string of the molecule is CNC(Cc1ccncc1)c1cc(C)ccc1OC. The number of aromatic nitrogens is 1. The van der Waals surface area contributed by atoms with E-state index in [0.717, 1.165) is 12.2 Å². The van der Waals surface area contributed by atoms with Gasteiger partial charge >= 0.3 is 0 Å². The fraction of sp³-hybridized carbons (Fsp3) is 0.312. The number of ether oxygens (including phenoxy) is 1. The molecule has 0 amide bonds. The maximum atomic E-state index is 5.47. The van der Waals surface area contributed by atoms with Crippen molar-refractivity contribution < 1.29 is 4.74 Å². The van der Waals surface area contributed by atoms with Crippen LogP contribution in [0.25, 0.3) is 0 Å². The number of nitrogens with one attached hydrogen (secondary N) is 1. The van der Waals surface area contributed by atoms with Crippen molar-refractivity contribution in [2.24, 2.45) is 0 Å². The van der Waals surface area contributed by atoms with Crippen LogP contribution in [0.15, 0.2) is 42.7 Å². The summed E-state index contributed by atoms with van der Waals surface area (Å²) in [7, 11) is 3.70. The van der Waals surface area contributed by atoms with E-state index >= 15 is 0 Å². The van der Waals surface area contributed by atoms with Gasteiger partial charge in [-0.25, -0.2) is 0 Å². The second kappa shape index (κ2) is 6.34. The van der Waals surface area contributed by atoms with Crippen LogP contribution in [0.5, 0.6) is 5.75 Å². The van der Waals surface area contributed by atoms with Crippen LogP contribution in [0.3, 0.4) is 0 Å². The average molecular weight is 256 g/mol. The fourth-order valence-electron chi connectivity index (χ4n) is 2.25. The molecule has 0 aliphatic carbocycles. The maximum Gasteiger partial charge on any atom is 0.123 e. The molecule has 0 radical (unpaired) electrons. The summed E-state index contributed by atoms with van der Waals surface area (Å²) in [6.07, 6.45) is 4.57. The molecule has 1 atom stereocenters. The Bertz CT molecular complexity index is 526. The second-order valence-electron chi connectivity index (χ2n) is 4.65. The molecule has 0 aliphatic rings. The lowest BCUT2D eigenvalue weighted by Gasteiger charge is -2.20. The number of likely N-dealkylation sites (N-methyl/N-ethyl adjacent to an activating group) is 1. The summed E-state index contributed by atoms with van der Waals surface area (Å²) in [5, 5.41) is 3.37. The Labute approximate surface area is 114 Å². The van der Waals surface area contributed by atoms with Crippen molar-refractivity contribution in [3.8, 4) is 5.75 Å². The minimum Gasteiger partial charge on any atom is -0.496 e. The van der Waals surface area contributed by atoms with Crippen LogP contribution in [0.4, 0.5) is 0 Å². The van der Waals surface area contributed by atoms with Crippen molar-refractivity contribution in [2.45, 2.75) is 19.4 Å². The molecule has 0 spiro atoms. The molecule has 0 fully saturated rings. The average Bonchev–Trinajstić information content (AvgIpc) is 2.46. The Balaban J connectivity index is 2.29. The van der Waals surface area contributed by atoms with Crippen LogP contribution in [0.1, 0.15) is 22.7 Å². The van der Waals surface area contributed by atoms with E-state index in [9.17, 15) is 0 Å². The predicted octanol–water partition coefficient (Wildman–Crippen LogP) is 2.90. The van der Waals surface area contributed by atoms with Gasteiger partial charge in [0.25, 0.3) is 0 Å². The zero-order valence-electron chi connectivity index (χ0n) is 11.7. The maximum absolute atomic E-state index is 5.47. The summed E-state index contributed by atoms with van der Waals surface area (Å²) in [5.41, 5.74) is 3.70. The molecule has 1 unspecified atom stereocenters. The van der Waals surface area contributed by atoms with Crippen molar-refractivity contribution in [2.75, 3.05) is 14.2 Å². The number of benzene rings is 1. The molecule has 0 saturated heterocycles. The van der Waals surface area contributed by atoms with E-state index in [1.165, 1.54) is 16.7 Å². The molecule has 1 N–H and O–H groups in total. The van der Waals surface area contributed by atoms with Crippen LogP contribution in [-0.4, -0.2) is 19.1 Å². The lowest BCUT2D eigenvalue weighted by molar-refractivity contribution is 0.401. The van der Waals surface area contributed by atoms with Gasteiger partial charge < -0.3 is 10.1 Å². The van der Waals surface area contributed by atoms with Gasteiger partial charge in [-0.15, -0.1) is 0 Å². The highest BCUT2D eigenvalue weighted by molar-refractivity contribution is 5.40. The van der Waals surface area contributed by atoms with E-state index in [2.05, 4.69) is 29.4 Å². The quantitative estimate of drug-likeness (QED) is 0.893. The minimum atomic E-state index is 0.234. The summed E-state index contributed by atoms with van der Waals surface area (Å²) in [5.74, 6) is 0.930. The first-order valence-corrected chi connectivity index (χ1v) is 6.45. The third-order valence-corrected chi connectivity index (χ3v) is 3.30. The Morgan fingerprint density at radius 1 is 1.21 bits per heavy atom. The van der Waals surface area contributed by atoms with Gasteiger partial charge in [0, 0.05) is 24.0 Å². The number of hydrogen-bond acceptors (Lipinski definition) is 3. The van der Waals surface area contributed by atoms with Gasteiger partial charge in [0.2, 0.25) is 0 Å². The monoisotopic (exact) mass is 256 g/mol. The number of nitrogens with zero attached hydrogens (tertiary/aromatic N) is 1. The van der Waals surface area contributed by atoms with Crippen molar-refractivity contribution >= 4 is 0 Å². The van der Waals surface area contributed by atoms with Crippen LogP contribution in [-0.2, 0) is 6.42 Å². The van der Waals surface area contributed by atoms with Gasteiger partial charge in [-0.1, -0.05) is 17.7 Å².